The summed E-state index contributed by atoms with van der Waals surface area (Å²) in [5, 5.41) is 4.05. The SMILES string of the molecule is Cc1nsc(NCC(N)CC(C)C)n1. The number of aromatic nitrogens is 2. The summed E-state index contributed by atoms with van der Waals surface area (Å²) in [4.78, 5) is 4.20. The molecule has 14 heavy (non-hydrogen) atoms. The Morgan fingerprint density at radius 2 is 2.21 bits per heavy atom. The molecule has 0 spiro atoms. The Hall–Kier alpha value is -0.680. The van der Waals surface area contributed by atoms with Crippen molar-refractivity contribution in [3.63, 3.8) is 0 Å². The van der Waals surface area contributed by atoms with Crippen molar-refractivity contribution < 1.29 is 0 Å². The van der Waals surface area contributed by atoms with Gasteiger partial charge in [0.05, 0.1) is 0 Å². The fraction of sp³-hybridized carbons (Fsp3) is 0.778. The first-order valence-electron chi connectivity index (χ1n) is 4.87. The van der Waals surface area contributed by atoms with E-state index in [-0.39, 0.29) is 6.04 Å². The van der Waals surface area contributed by atoms with Gasteiger partial charge < -0.3 is 11.1 Å². The molecule has 0 amide bonds. The molecular formula is C9H18N4S. The van der Waals surface area contributed by atoms with Crippen LogP contribution in [0.3, 0.4) is 0 Å². The maximum absolute atomic E-state index is 5.92. The van der Waals surface area contributed by atoms with E-state index >= 15 is 0 Å². The van der Waals surface area contributed by atoms with E-state index in [2.05, 4.69) is 28.5 Å². The van der Waals surface area contributed by atoms with Crippen LogP contribution in [0.2, 0.25) is 0 Å². The Morgan fingerprint density at radius 1 is 1.50 bits per heavy atom. The van der Waals surface area contributed by atoms with Crippen LogP contribution in [-0.2, 0) is 0 Å². The monoisotopic (exact) mass is 214 g/mol. The van der Waals surface area contributed by atoms with Crippen molar-refractivity contribution in [3.05, 3.63) is 5.82 Å². The fourth-order valence-corrected chi connectivity index (χ4v) is 1.86. The maximum Gasteiger partial charge on any atom is 0.202 e. The second-order valence-corrected chi connectivity index (χ2v) is 4.67. The van der Waals surface area contributed by atoms with E-state index in [1.54, 1.807) is 0 Å². The van der Waals surface area contributed by atoms with E-state index < -0.39 is 0 Å². The molecule has 5 heteroatoms. The first-order valence-corrected chi connectivity index (χ1v) is 5.65. The molecule has 0 aliphatic carbocycles. The molecule has 0 aliphatic heterocycles. The average molecular weight is 214 g/mol. The van der Waals surface area contributed by atoms with Crippen molar-refractivity contribution in [2.24, 2.45) is 11.7 Å². The third-order valence-corrected chi connectivity index (χ3v) is 2.58. The standard InChI is InChI=1S/C9H18N4S/c1-6(2)4-8(10)5-11-9-12-7(3)13-14-9/h6,8H,4-5,10H2,1-3H3,(H,11,12,13). The quantitative estimate of drug-likeness (QED) is 0.782. The molecule has 0 saturated heterocycles. The number of nitrogens with two attached hydrogens (primary N) is 1. The Balaban J connectivity index is 2.26. The summed E-state index contributed by atoms with van der Waals surface area (Å²) in [5.74, 6) is 1.46. The lowest BCUT2D eigenvalue weighted by Gasteiger charge is -2.13. The third-order valence-electron chi connectivity index (χ3n) is 1.82. The van der Waals surface area contributed by atoms with E-state index in [1.165, 1.54) is 11.5 Å². The Morgan fingerprint density at radius 3 is 2.71 bits per heavy atom. The van der Waals surface area contributed by atoms with Crippen LogP contribution in [0.15, 0.2) is 0 Å². The smallest absolute Gasteiger partial charge is 0.202 e. The lowest BCUT2D eigenvalue weighted by atomic mass is 10.1. The largest absolute Gasteiger partial charge is 0.359 e. The van der Waals surface area contributed by atoms with Gasteiger partial charge in [-0.25, -0.2) is 4.98 Å². The highest BCUT2D eigenvalue weighted by atomic mass is 32.1. The zero-order chi connectivity index (χ0) is 10.6. The molecule has 1 heterocycles. The summed E-state index contributed by atoms with van der Waals surface area (Å²) in [5.41, 5.74) is 5.92. The fourth-order valence-electron chi connectivity index (χ4n) is 1.28. The summed E-state index contributed by atoms with van der Waals surface area (Å²) < 4.78 is 4.08. The van der Waals surface area contributed by atoms with Gasteiger partial charge in [-0.15, -0.1) is 0 Å². The van der Waals surface area contributed by atoms with Crippen molar-refractivity contribution in [2.45, 2.75) is 33.2 Å². The van der Waals surface area contributed by atoms with Gasteiger partial charge in [-0.1, -0.05) is 13.8 Å². The van der Waals surface area contributed by atoms with Crippen LogP contribution in [0.25, 0.3) is 0 Å². The van der Waals surface area contributed by atoms with Gasteiger partial charge in [0, 0.05) is 24.1 Å². The van der Waals surface area contributed by atoms with Gasteiger partial charge in [0.1, 0.15) is 5.82 Å². The van der Waals surface area contributed by atoms with Gasteiger partial charge in [-0.2, -0.15) is 4.37 Å². The molecular weight excluding hydrogens is 196 g/mol. The molecule has 0 bridgehead atoms. The van der Waals surface area contributed by atoms with E-state index in [0.29, 0.717) is 5.92 Å². The average Bonchev–Trinajstić information content (AvgIpc) is 2.47. The number of nitrogens with one attached hydrogen (secondary N) is 1. The molecule has 4 nitrogen and oxygen atoms in total. The van der Waals surface area contributed by atoms with E-state index in [0.717, 1.165) is 23.9 Å². The molecule has 0 fully saturated rings. The van der Waals surface area contributed by atoms with Crippen molar-refractivity contribution >= 4 is 16.7 Å². The number of rotatable bonds is 5. The van der Waals surface area contributed by atoms with Gasteiger partial charge in [-0.05, 0) is 19.3 Å². The minimum Gasteiger partial charge on any atom is -0.359 e. The molecule has 3 N–H and O–H groups in total. The van der Waals surface area contributed by atoms with Crippen LogP contribution in [0.5, 0.6) is 0 Å². The number of aryl methyl sites for hydroxylation is 1. The highest BCUT2D eigenvalue weighted by Crippen LogP contribution is 2.10. The zero-order valence-electron chi connectivity index (χ0n) is 8.95. The first kappa shape index (κ1) is 11.4. The topological polar surface area (TPSA) is 63.8 Å². The van der Waals surface area contributed by atoms with Crippen molar-refractivity contribution in [1.82, 2.24) is 9.36 Å². The molecule has 1 atom stereocenters. The minimum absolute atomic E-state index is 0.194. The molecule has 1 unspecified atom stereocenters. The minimum atomic E-state index is 0.194. The summed E-state index contributed by atoms with van der Waals surface area (Å²) in [6.07, 6.45) is 1.03. The van der Waals surface area contributed by atoms with E-state index in [4.69, 9.17) is 5.73 Å². The van der Waals surface area contributed by atoms with Crippen molar-refractivity contribution in [1.29, 1.82) is 0 Å². The van der Waals surface area contributed by atoms with E-state index in [1.807, 2.05) is 6.92 Å². The Labute approximate surface area is 89.1 Å². The second-order valence-electron chi connectivity index (χ2n) is 3.92. The Kier molecular flexibility index (Phi) is 4.28. The molecule has 80 valence electrons. The normalized spacial score (nSPS) is 13.2. The summed E-state index contributed by atoms with van der Waals surface area (Å²) >= 11 is 1.38. The Bertz CT molecular complexity index is 272. The number of hydrogen-bond acceptors (Lipinski definition) is 5. The molecule has 0 aliphatic rings. The highest BCUT2D eigenvalue weighted by Gasteiger charge is 2.06. The van der Waals surface area contributed by atoms with Gasteiger partial charge in [0.15, 0.2) is 0 Å². The van der Waals surface area contributed by atoms with Crippen LogP contribution < -0.4 is 11.1 Å². The van der Waals surface area contributed by atoms with E-state index in [9.17, 15) is 0 Å². The van der Waals surface area contributed by atoms with Gasteiger partial charge in [0.25, 0.3) is 0 Å². The molecule has 0 saturated carbocycles. The van der Waals surface area contributed by atoms with Crippen molar-refractivity contribution in [2.75, 3.05) is 11.9 Å². The summed E-state index contributed by atoms with van der Waals surface area (Å²) in [7, 11) is 0. The molecule has 1 aromatic rings. The number of anilines is 1. The molecule has 1 rings (SSSR count). The second kappa shape index (κ2) is 5.26. The number of nitrogens with zero attached hydrogens (tertiary/aromatic N) is 2. The molecule has 0 aromatic carbocycles. The van der Waals surface area contributed by atoms with Gasteiger partial charge in [0.2, 0.25) is 5.13 Å². The predicted octanol–water partition coefficient (Wildman–Crippen LogP) is 1.63. The summed E-state index contributed by atoms with van der Waals surface area (Å²) in [6.45, 7) is 7.01. The first-order chi connectivity index (χ1) is 6.58. The van der Waals surface area contributed by atoms with Crippen LogP contribution >= 0.6 is 11.5 Å². The highest BCUT2D eigenvalue weighted by molar-refractivity contribution is 7.09. The van der Waals surface area contributed by atoms with Crippen LogP contribution in [-0.4, -0.2) is 21.9 Å². The zero-order valence-corrected chi connectivity index (χ0v) is 9.77. The third kappa shape index (κ3) is 4.02. The van der Waals surface area contributed by atoms with Crippen LogP contribution in [0.4, 0.5) is 5.13 Å². The van der Waals surface area contributed by atoms with Gasteiger partial charge >= 0.3 is 0 Å². The molecule has 1 aromatic heterocycles. The number of hydrogen-bond donors (Lipinski definition) is 2. The predicted molar refractivity (Wildman–Crippen MR) is 60.6 cm³/mol. The van der Waals surface area contributed by atoms with Crippen LogP contribution in [0, 0.1) is 12.8 Å². The molecule has 0 radical (unpaired) electrons. The maximum atomic E-state index is 5.92. The summed E-state index contributed by atoms with van der Waals surface area (Å²) in [6, 6.07) is 0.194. The van der Waals surface area contributed by atoms with Gasteiger partial charge in [-0.3, -0.25) is 0 Å². The van der Waals surface area contributed by atoms with Crippen molar-refractivity contribution in [3.8, 4) is 0 Å². The lowest BCUT2D eigenvalue weighted by molar-refractivity contribution is 0.508. The lowest BCUT2D eigenvalue weighted by Crippen LogP contribution is -2.30. The van der Waals surface area contributed by atoms with Crippen LogP contribution in [0.1, 0.15) is 26.1 Å².